The lowest BCUT2D eigenvalue weighted by Crippen LogP contribution is -2.20. The molecule has 1 heterocycles. The molecule has 2 N–H and O–H groups in total. The Labute approximate surface area is 121 Å². The number of rotatable bonds is 4. The maximum atomic E-state index is 12.2. The standard InChI is InChI=1S/C15H15NO3S/c1-9-8-20-13(15(18)19)12(9)16-14(17)10(2)11-6-4-3-5-7-11/h3-8,10H,1-2H3,(H,16,17)(H,18,19). The molecule has 0 aliphatic carbocycles. The van der Waals surface area contributed by atoms with Gasteiger partial charge < -0.3 is 10.4 Å². The lowest BCUT2D eigenvalue weighted by molar-refractivity contribution is -0.117. The van der Waals surface area contributed by atoms with Crippen molar-refractivity contribution in [3.63, 3.8) is 0 Å². The summed E-state index contributed by atoms with van der Waals surface area (Å²) in [4.78, 5) is 23.5. The fourth-order valence-electron chi connectivity index (χ4n) is 1.88. The van der Waals surface area contributed by atoms with Crippen molar-refractivity contribution in [1.29, 1.82) is 0 Å². The molecule has 0 saturated heterocycles. The molecule has 1 amide bonds. The van der Waals surface area contributed by atoms with Gasteiger partial charge in [0.25, 0.3) is 0 Å². The first-order valence-corrected chi connectivity index (χ1v) is 7.06. The minimum atomic E-state index is -1.02. The number of hydrogen-bond donors (Lipinski definition) is 2. The van der Waals surface area contributed by atoms with E-state index in [1.807, 2.05) is 30.3 Å². The molecule has 0 fully saturated rings. The molecule has 1 atom stereocenters. The monoisotopic (exact) mass is 289 g/mol. The highest BCUT2D eigenvalue weighted by Gasteiger charge is 2.21. The van der Waals surface area contributed by atoms with Gasteiger partial charge >= 0.3 is 5.97 Å². The van der Waals surface area contributed by atoms with Crippen LogP contribution in [0.5, 0.6) is 0 Å². The number of aromatic carboxylic acids is 1. The summed E-state index contributed by atoms with van der Waals surface area (Å²) in [5.41, 5.74) is 2.06. The highest BCUT2D eigenvalue weighted by Crippen LogP contribution is 2.29. The van der Waals surface area contributed by atoms with Crippen molar-refractivity contribution in [3.05, 3.63) is 51.7 Å². The Morgan fingerprint density at radius 3 is 2.50 bits per heavy atom. The van der Waals surface area contributed by atoms with Gasteiger partial charge in [-0.2, -0.15) is 0 Å². The van der Waals surface area contributed by atoms with Crippen LogP contribution in [0.25, 0.3) is 0 Å². The van der Waals surface area contributed by atoms with Crippen molar-refractivity contribution < 1.29 is 14.7 Å². The quantitative estimate of drug-likeness (QED) is 0.905. The summed E-state index contributed by atoms with van der Waals surface area (Å²) in [6.07, 6.45) is 0. The molecule has 0 aliphatic rings. The SMILES string of the molecule is Cc1csc(C(=O)O)c1NC(=O)C(C)c1ccccc1. The maximum Gasteiger partial charge on any atom is 0.348 e. The smallest absolute Gasteiger partial charge is 0.348 e. The van der Waals surface area contributed by atoms with Crippen molar-refractivity contribution in [2.24, 2.45) is 0 Å². The van der Waals surface area contributed by atoms with Crippen LogP contribution in [0.4, 0.5) is 5.69 Å². The molecule has 1 unspecified atom stereocenters. The Kier molecular flexibility index (Phi) is 4.20. The fraction of sp³-hybridized carbons (Fsp3) is 0.200. The van der Waals surface area contributed by atoms with E-state index >= 15 is 0 Å². The minimum absolute atomic E-state index is 0.163. The second-order valence-electron chi connectivity index (χ2n) is 4.55. The Balaban J connectivity index is 2.20. The van der Waals surface area contributed by atoms with Crippen LogP contribution < -0.4 is 5.32 Å². The zero-order valence-electron chi connectivity index (χ0n) is 11.2. The summed E-state index contributed by atoms with van der Waals surface area (Å²) in [5, 5.41) is 13.6. The number of carboxylic acid groups (broad SMARTS) is 1. The first-order valence-electron chi connectivity index (χ1n) is 6.18. The van der Waals surface area contributed by atoms with Crippen LogP contribution in [0.1, 0.15) is 33.6 Å². The molecule has 20 heavy (non-hydrogen) atoms. The maximum absolute atomic E-state index is 12.2. The third-order valence-corrected chi connectivity index (χ3v) is 4.20. The predicted molar refractivity (Wildman–Crippen MR) is 79.5 cm³/mol. The first kappa shape index (κ1) is 14.3. The fourth-order valence-corrected chi connectivity index (χ4v) is 2.72. The van der Waals surface area contributed by atoms with Crippen molar-refractivity contribution in [3.8, 4) is 0 Å². The average Bonchev–Trinajstić information content (AvgIpc) is 2.80. The largest absolute Gasteiger partial charge is 0.477 e. The van der Waals surface area contributed by atoms with Crippen LogP contribution in [0.3, 0.4) is 0 Å². The molecule has 5 heteroatoms. The number of benzene rings is 1. The van der Waals surface area contributed by atoms with Gasteiger partial charge in [0.15, 0.2) is 0 Å². The highest BCUT2D eigenvalue weighted by atomic mass is 32.1. The lowest BCUT2D eigenvalue weighted by Gasteiger charge is -2.13. The molecular weight excluding hydrogens is 274 g/mol. The van der Waals surface area contributed by atoms with Gasteiger partial charge in [-0.05, 0) is 30.4 Å². The second kappa shape index (κ2) is 5.88. The second-order valence-corrected chi connectivity index (χ2v) is 5.43. The van der Waals surface area contributed by atoms with E-state index < -0.39 is 5.97 Å². The third kappa shape index (κ3) is 2.88. The summed E-state index contributed by atoms with van der Waals surface area (Å²) in [6.45, 7) is 3.58. The highest BCUT2D eigenvalue weighted by molar-refractivity contribution is 7.12. The first-order chi connectivity index (χ1) is 9.50. The van der Waals surface area contributed by atoms with E-state index in [4.69, 9.17) is 5.11 Å². The molecule has 0 spiro atoms. The minimum Gasteiger partial charge on any atom is -0.477 e. The molecule has 0 aliphatic heterocycles. The van der Waals surface area contributed by atoms with Gasteiger partial charge in [-0.25, -0.2) is 4.79 Å². The van der Waals surface area contributed by atoms with E-state index in [1.165, 1.54) is 0 Å². The van der Waals surface area contributed by atoms with Crippen molar-refractivity contribution in [1.82, 2.24) is 0 Å². The van der Waals surface area contributed by atoms with Crippen LogP contribution in [-0.2, 0) is 4.79 Å². The van der Waals surface area contributed by atoms with E-state index in [1.54, 1.807) is 19.2 Å². The number of carbonyl (C=O) groups is 2. The molecule has 1 aromatic heterocycles. The van der Waals surface area contributed by atoms with Crippen LogP contribution in [0.2, 0.25) is 0 Å². The molecule has 0 saturated carbocycles. The van der Waals surface area contributed by atoms with Gasteiger partial charge in [-0.1, -0.05) is 30.3 Å². The summed E-state index contributed by atoms with van der Waals surface area (Å²) >= 11 is 1.12. The van der Waals surface area contributed by atoms with Crippen LogP contribution in [0, 0.1) is 6.92 Å². The summed E-state index contributed by atoms with van der Waals surface area (Å²) in [6, 6.07) is 9.39. The van der Waals surface area contributed by atoms with Crippen LogP contribution >= 0.6 is 11.3 Å². The van der Waals surface area contributed by atoms with Gasteiger partial charge in [0.2, 0.25) is 5.91 Å². The summed E-state index contributed by atoms with van der Waals surface area (Å²) in [5.74, 6) is -1.57. The molecular formula is C15H15NO3S. The summed E-state index contributed by atoms with van der Waals surface area (Å²) in [7, 11) is 0. The number of nitrogens with one attached hydrogen (secondary N) is 1. The van der Waals surface area contributed by atoms with E-state index in [-0.39, 0.29) is 16.7 Å². The van der Waals surface area contributed by atoms with E-state index in [0.717, 1.165) is 22.5 Å². The predicted octanol–water partition coefficient (Wildman–Crippen LogP) is 3.50. The Bertz CT molecular complexity index is 634. The number of hydrogen-bond acceptors (Lipinski definition) is 3. The number of thiophene rings is 1. The van der Waals surface area contributed by atoms with Gasteiger partial charge in [0.1, 0.15) is 4.88 Å². The molecule has 0 radical (unpaired) electrons. The summed E-state index contributed by atoms with van der Waals surface area (Å²) < 4.78 is 0. The third-order valence-electron chi connectivity index (χ3n) is 3.11. The van der Waals surface area contributed by atoms with Crippen LogP contribution in [0.15, 0.2) is 35.7 Å². The molecule has 2 aromatic rings. The number of aryl methyl sites for hydroxylation is 1. The zero-order chi connectivity index (χ0) is 14.7. The van der Waals surface area contributed by atoms with E-state index in [0.29, 0.717) is 5.69 Å². The van der Waals surface area contributed by atoms with Gasteiger partial charge in [0.05, 0.1) is 11.6 Å². The number of amides is 1. The Hall–Kier alpha value is -2.14. The number of anilines is 1. The number of carboxylic acids is 1. The van der Waals surface area contributed by atoms with Crippen molar-refractivity contribution in [2.75, 3.05) is 5.32 Å². The van der Waals surface area contributed by atoms with Gasteiger partial charge in [0, 0.05) is 0 Å². The lowest BCUT2D eigenvalue weighted by atomic mass is 10.0. The van der Waals surface area contributed by atoms with Gasteiger partial charge in [-0.15, -0.1) is 11.3 Å². The molecule has 1 aromatic carbocycles. The zero-order valence-corrected chi connectivity index (χ0v) is 12.0. The van der Waals surface area contributed by atoms with Crippen molar-refractivity contribution >= 4 is 28.9 Å². The Morgan fingerprint density at radius 1 is 1.25 bits per heavy atom. The van der Waals surface area contributed by atoms with Crippen molar-refractivity contribution in [2.45, 2.75) is 19.8 Å². The van der Waals surface area contributed by atoms with E-state index in [9.17, 15) is 9.59 Å². The van der Waals surface area contributed by atoms with E-state index in [2.05, 4.69) is 5.32 Å². The normalized spacial score (nSPS) is 11.9. The van der Waals surface area contributed by atoms with Crippen LogP contribution in [-0.4, -0.2) is 17.0 Å². The molecule has 104 valence electrons. The molecule has 2 rings (SSSR count). The molecule has 4 nitrogen and oxygen atoms in total. The Morgan fingerprint density at radius 2 is 1.90 bits per heavy atom. The number of carbonyl (C=O) groups excluding carboxylic acids is 1. The van der Waals surface area contributed by atoms with Gasteiger partial charge in [-0.3, -0.25) is 4.79 Å². The topological polar surface area (TPSA) is 66.4 Å². The average molecular weight is 289 g/mol. The molecule has 0 bridgehead atoms.